The van der Waals surface area contributed by atoms with E-state index in [0.717, 1.165) is 10.0 Å². The number of rotatable bonds is 5. The molecule has 0 spiro atoms. The SMILES string of the molecule is CN(Cc1ccc(Br)cc1)C(=O)N1[C@H]2CC[C@@H]1[C@@H](C(=O)O)N(C(=O)N(c1ccccc1)c1ccccc1)C2. The van der Waals surface area contributed by atoms with Gasteiger partial charge in [0.15, 0.2) is 6.04 Å². The second-order valence-electron chi connectivity index (χ2n) is 9.70. The number of urea groups is 2. The third-order valence-electron chi connectivity index (χ3n) is 7.25. The van der Waals surface area contributed by atoms with Gasteiger partial charge in [0.05, 0.1) is 23.5 Å². The molecule has 2 saturated heterocycles. The Hall–Kier alpha value is -3.85. The van der Waals surface area contributed by atoms with Crippen LogP contribution >= 0.6 is 15.9 Å². The fourth-order valence-electron chi connectivity index (χ4n) is 5.52. The second kappa shape index (κ2) is 10.9. The van der Waals surface area contributed by atoms with Gasteiger partial charge in [0, 0.05) is 24.6 Å². The first-order valence-corrected chi connectivity index (χ1v) is 13.4. The van der Waals surface area contributed by atoms with E-state index in [9.17, 15) is 19.5 Å². The number of benzene rings is 3. The zero-order valence-electron chi connectivity index (χ0n) is 21.0. The van der Waals surface area contributed by atoms with E-state index in [1.807, 2.05) is 84.9 Å². The van der Waals surface area contributed by atoms with Crippen molar-refractivity contribution in [2.45, 2.75) is 37.5 Å². The van der Waals surface area contributed by atoms with Crippen LogP contribution in [0.2, 0.25) is 0 Å². The average Bonchev–Trinajstić information content (AvgIpc) is 3.22. The summed E-state index contributed by atoms with van der Waals surface area (Å²) < 4.78 is 0.957. The topological polar surface area (TPSA) is 84.4 Å². The first kappa shape index (κ1) is 25.8. The van der Waals surface area contributed by atoms with Gasteiger partial charge in [-0.05, 0) is 54.8 Å². The molecule has 2 heterocycles. The van der Waals surface area contributed by atoms with E-state index in [-0.39, 0.29) is 18.6 Å². The number of hydrogen-bond donors (Lipinski definition) is 1. The van der Waals surface area contributed by atoms with E-state index in [1.54, 1.807) is 21.7 Å². The summed E-state index contributed by atoms with van der Waals surface area (Å²) >= 11 is 3.42. The zero-order chi connectivity index (χ0) is 26.8. The van der Waals surface area contributed by atoms with Gasteiger partial charge in [0.1, 0.15) is 0 Å². The molecule has 3 aromatic carbocycles. The quantitative estimate of drug-likeness (QED) is 0.431. The van der Waals surface area contributed by atoms with Crippen LogP contribution in [0.15, 0.2) is 89.4 Å². The number of carboxylic acids is 1. The normalized spacial score (nSPS) is 20.2. The van der Waals surface area contributed by atoms with E-state index in [4.69, 9.17) is 0 Å². The minimum Gasteiger partial charge on any atom is -0.480 e. The van der Waals surface area contributed by atoms with Crippen LogP contribution in [0.25, 0.3) is 0 Å². The molecule has 4 amide bonds. The highest BCUT2D eigenvalue weighted by molar-refractivity contribution is 9.10. The van der Waals surface area contributed by atoms with Crippen molar-refractivity contribution in [3.05, 3.63) is 95.0 Å². The first-order chi connectivity index (χ1) is 18.3. The van der Waals surface area contributed by atoms with Crippen LogP contribution in [-0.4, -0.2) is 69.6 Å². The summed E-state index contributed by atoms with van der Waals surface area (Å²) in [5, 5.41) is 10.3. The molecule has 38 heavy (non-hydrogen) atoms. The number of hydrogen-bond acceptors (Lipinski definition) is 3. The molecule has 196 valence electrons. The van der Waals surface area contributed by atoms with E-state index in [2.05, 4.69) is 15.9 Å². The molecule has 3 aromatic rings. The molecule has 2 bridgehead atoms. The van der Waals surface area contributed by atoms with Gasteiger partial charge in [-0.3, -0.25) is 4.90 Å². The molecule has 3 atom stereocenters. The van der Waals surface area contributed by atoms with Gasteiger partial charge in [-0.1, -0.05) is 64.5 Å². The summed E-state index contributed by atoms with van der Waals surface area (Å²) in [6.45, 7) is 0.554. The maximum absolute atomic E-state index is 14.1. The van der Waals surface area contributed by atoms with Crippen LogP contribution in [0.5, 0.6) is 0 Å². The number of piperazine rings is 1. The third kappa shape index (κ3) is 4.98. The lowest BCUT2D eigenvalue weighted by atomic mass is 10.0. The molecular weight excluding hydrogens is 548 g/mol. The highest BCUT2D eigenvalue weighted by atomic mass is 79.9. The number of likely N-dealkylation sites (tertiary alicyclic amines) is 1. The minimum absolute atomic E-state index is 0.153. The van der Waals surface area contributed by atoms with Gasteiger partial charge in [-0.2, -0.15) is 0 Å². The summed E-state index contributed by atoms with van der Waals surface area (Å²) in [5.41, 5.74) is 2.27. The Bertz CT molecular complexity index is 1270. The van der Waals surface area contributed by atoms with Crippen LogP contribution in [0, 0.1) is 0 Å². The molecule has 0 aromatic heterocycles. The number of amides is 4. The molecular formula is C29H29BrN4O4. The van der Waals surface area contributed by atoms with E-state index < -0.39 is 24.1 Å². The van der Waals surface area contributed by atoms with Gasteiger partial charge in [-0.15, -0.1) is 0 Å². The third-order valence-corrected chi connectivity index (χ3v) is 7.78. The fraction of sp³-hybridized carbons (Fsp3) is 0.276. The molecule has 1 N–H and O–H groups in total. The van der Waals surface area contributed by atoms with Crippen molar-refractivity contribution in [2.75, 3.05) is 18.5 Å². The molecule has 0 aliphatic carbocycles. The minimum atomic E-state index is -1.15. The lowest BCUT2D eigenvalue weighted by molar-refractivity contribution is -0.145. The number of para-hydroxylation sites is 2. The smallest absolute Gasteiger partial charge is 0.329 e. The van der Waals surface area contributed by atoms with Crippen molar-refractivity contribution < 1.29 is 19.5 Å². The van der Waals surface area contributed by atoms with Crippen LogP contribution in [-0.2, 0) is 11.3 Å². The van der Waals surface area contributed by atoms with Crippen LogP contribution < -0.4 is 4.90 Å². The van der Waals surface area contributed by atoms with Crippen molar-refractivity contribution >= 4 is 45.3 Å². The van der Waals surface area contributed by atoms with Gasteiger partial charge >= 0.3 is 18.0 Å². The predicted molar refractivity (Wildman–Crippen MR) is 148 cm³/mol. The molecule has 2 aliphatic rings. The molecule has 0 unspecified atom stereocenters. The molecule has 5 rings (SSSR count). The Kier molecular flexibility index (Phi) is 7.37. The number of fused-ring (bicyclic) bond motifs is 2. The van der Waals surface area contributed by atoms with Crippen LogP contribution in [0.1, 0.15) is 18.4 Å². The Morgan fingerprint density at radius 2 is 1.45 bits per heavy atom. The van der Waals surface area contributed by atoms with Crippen molar-refractivity contribution in [2.24, 2.45) is 0 Å². The number of anilines is 2. The summed E-state index contributed by atoms with van der Waals surface area (Å²) in [6.07, 6.45) is 1.17. The van der Waals surface area contributed by atoms with Gasteiger partial charge in [0.25, 0.3) is 0 Å². The molecule has 0 radical (unpaired) electrons. The number of nitrogens with zero attached hydrogens (tertiary/aromatic N) is 4. The van der Waals surface area contributed by atoms with Crippen LogP contribution in [0.4, 0.5) is 21.0 Å². The van der Waals surface area contributed by atoms with Gasteiger partial charge in [0.2, 0.25) is 0 Å². The molecule has 0 saturated carbocycles. The maximum Gasteiger partial charge on any atom is 0.329 e. The summed E-state index contributed by atoms with van der Waals surface area (Å²) in [5.74, 6) is -1.11. The molecule has 2 fully saturated rings. The number of carbonyl (C=O) groups excluding carboxylic acids is 2. The Morgan fingerprint density at radius 3 is 2.00 bits per heavy atom. The second-order valence-corrected chi connectivity index (χ2v) is 10.6. The van der Waals surface area contributed by atoms with Crippen molar-refractivity contribution in [3.8, 4) is 0 Å². The Morgan fingerprint density at radius 1 is 0.868 bits per heavy atom. The molecule has 8 nitrogen and oxygen atoms in total. The number of carbonyl (C=O) groups is 3. The predicted octanol–water partition coefficient (Wildman–Crippen LogP) is 5.56. The Labute approximate surface area is 230 Å². The number of halogens is 1. The highest BCUT2D eigenvalue weighted by Gasteiger charge is 2.54. The lowest BCUT2D eigenvalue weighted by Crippen LogP contribution is -2.67. The van der Waals surface area contributed by atoms with Gasteiger partial charge in [-0.25, -0.2) is 14.4 Å². The van der Waals surface area contributed by atoms with Crippen LogP contribution in [0.3, 0.4) is 0 Å². The molecule has 2 aliphatic heterocycles. The standard InChI is InChI=1S/C29H29BrN4O4/c1-31(18-20-12-14-21(30)15-13-20)28(37)34-24-16-17-25(34)26(27(35)36)32(19-24)29(38)33(22-8-4-2-5-9-22)23-10-6-3-7-11-23/h2-15,24-26H,16-19H2,1H3,(H,35,36)/t24-,25+,26-/m0/s1. The van der Waals surface area contributed by atoms with Crippen molar-refractivity contribution in [3.63, 3.8) is 0 Å². The van der Waals surface area contributed by atoms with E-state index in [1.165, 1.54) is 4.90 Å². The first-order valence-electron chi connectivity index (χ1n) is 12.6. The van der Waals surface area contributed by atoms with E-state index >= 15 is 0 Å². The molecule has 9 heteroatoms. The monoisotopic (exact) mass is 576 g/mol. The van der Waals surface area contributed by atoms with Crippen molar-refractivity contribution in [1.82, 2.24) is 14.7 Å². The number of carboxylic acid groups (broad SMARTS) is 1. The number of aliphatic carboxylic acids is 1. The largest absolute Gasteiger partial charge is 0.480 e. The Balaban J connectivity index is 1.42. The summed E-state index contributed by atoms with van der Waals surface area (Å²) in [6, 6.07) is 23.5. The fourth-order valence-corrected chi connectivity index (χ4v) is 5.79. The van der Waals surface area contributed by atoms with E-state index in [0.29, 0.717) is 30.8 Å². The average molecular weight is 577 g/mol. The highest BCUT2D eigenvalue weighted by Crippen LogP contribution is 2.37. The summed E-state index contributed by atoms with van der Waals surface area (Å²) in [4.78, 5) is 46.6. The summed E-state index contributed by atoms with van der Waals surface area (Å²) in [7, 11) is 1.73. The van der Waals surface area contributed by atoms with Gasteiger partial charge < -0.3 is 19.8 Å². The lowest BCUT2D eigenvalue weighted by Gasteiger charge is -2.47. The zero-order valence-corrected chi connectivity index (χ0v) is 22.6. The maximum atomic E-state index is 14.1. The van der Waals surface area contributed by atoms with Crippen molar-refractivity contribution in [1.29, 1.82) is 0 Å².